The van der Waals surface area contributed by atoms with Gasteiger partial charge in [0.15, 0.2) is 0 Å². The van der Waals surface area contributed by atoms with Crippen molar-refractivity contribution >= 4 is 5.97 Å². The lowest BCUT2D eigenvalue weighted by Crippen LogP contribution is -2.08. The van der Waals surface area contributed by atoms with Gasteiger partial charge in [0.25, 0.3) is 0 Å². The molecule has 64 valence electrons. The van der Waals surface area contributed by atoms with E-state index in [1.54, 1.807) is 0 Å². The lowest BCUT2D eigenvalue weighted by molar-refractivity contribution is -0.137. The first-order valence-electron chi connectivity index (χ1n) is 3.66. The van der Waals surface area contributed by atoms with Crippen LogP contribution in [0.25, 0.3) is 0 Å². The van der Waals surface area contributed by atoms with E-state index in [2.05, 4.69) is 4.98 Å². The largest absolute Gasteiger partial charge is 0.480 e. The molecule has 0 unspecified atom stereocenters. The maximum absolute atomic E-state index is 10.4. The molecule has 0 fully saturated rings. The van der Waals surface area contributed by atoms with E-state index >= 15 is 0 Å². The van der Waals surface area contributed by atoms with Gasteiger partial charge in [-0.2, -0.15) is 0 Å². The Kier molecular flexibility index (Phi) is 1.49. The number of nitrogens with zero attached hydrogens (tertiary/aromatic N) is 2. The minimum Gasteiger partial charge on any atom is -0.480 e. The maximum atomic E-state index is 10.4. The van der Waals surface area contributed by atoms with Crippen molar-refractivity contribution in [2.24, 2.45) is 0 Å². The van der Waals surface area contributed by atoms with E-state index < -0.39 is 5.97 Å². The topological polar surface area (TPSA) is 64.3 Å². The quantitative estimate of drug-likeness (QED) is 0.669. The average Bonchev–Trinajstić information content (AvgIpc) is 2.52. The van der Waals surface area contributed by atoms with Crippen molar-refractivity contribution in [2.45, 2.75) is 13.0 Å². The first kappa shape index (κ1) is 7.15. The summed E-state index contributed by atoms with van der Waals surface area (Å²) < 4.78 is 6.71. The Labute approximate surface area is 68.6 Å². The number of fused-ring (bicyclic) bond motifs is 1. The monoisotopic (exact) mass is 168 g/mol. The molecule has 12 heavy (non-hydrogen) atoms. The molecular weight excluding hydrogens is 160 g/mol. The van der Waals surface area contributed by atoms with Crippen molar-refractivity contribution < 1.29 is 14.6 Å². The summed E-state index contributed by atoms with van der Waals surface area (Å²) in [6.07, 6.45) is 2.28. The van der Waals surface area contributed by atoms with Gasteiger partial charge in [0.2, 0.25) is 5.88 Å². The second-order valence-electron chi connectivity index (χ2n) is 2.62. The average molecular weight is 168 g/mol. The third kappa shape index (κ3) is 1.03. The Bertz CT molecular complexity index is 318. The molecule has 1 aromatic heterocycles. The minimum absolute atomic E-state index is 0.0810. The van der Waals surface area contributed by atoms with Gasteiger partial charge in [-0.15, -0.1) is 0 Å². The third-order valence-electron chi connectivity index (χ3n) is 1.74. The molecule has 2 rings (SSSR count). The molecule has 0 spiro atoms. The third-order valence-corrected chi connectivity index (χ3v) is 1.74. The molecule has 1 aliphatic rings. The Morgan fingerprint density at radius 1 is 1.83 bits per heavy atom. The Balaban J connectivity index is 2.27. The summed E-state index contributed by atoms with van der Waals surface area (Å²) in [5.74, 6) is -0.275. The van der Waals surface area contributed by atoms with Gasteiger partial charge in [0.1, 0.15) is 12.2 Å². The first-order valence-corrected chi connectivity index (χ1v) is 3.66. The Hall–Kier alpha value is -1.52. The molecule has 5 nitrogen and oxygen atoms in total. The Morgan fingerprint density at radius 2 is 2.67 bits per heavy atom. The van der Waals surface area contributed by atoms with E-state index in [1.807, 2.05) is 0 Å². The van der Waals surface area contributed by atoms with Gasteiger partial charge in [-0.3, -0.25) is 9.36 Å². The smallest absolute Gasteiger partial charge is 0.323 e. The van der Waals surface area contributed by atoms with E-state index in [4.69, 9.17) is 9.84 Å². The summed E-state index contributed by atoms with van der Waals surface area (Å²) in [5, 5.41) is 8.51. The lowest BCUT2D eigenvalue weighted by Gasteiger charge is -2.01. The van der Waals surface area contributed by atoms with Crippen LogP contribution in [0.1, 0.15) is 5.69 Å². The highest BCUT2D eigenvalue weighted by Gasteiger charge is 2.19. The summed E-state index contributed by atoms with van der Waals surface area (Å²) in [4.78, 5) is 14.4. The van der Waals surface area contributed by atoms with Crippen molar-refractivity contribution in [1.82, 2.24) is 9.55 Å². The number of hydrogen-bond donors (Lipinski definition) is 1. The normalized spacial score (nSPS) is 14.0. The van der Waals surface area contributed by atoms with E-state index in [9.17, 15) is 4.79 Å². The highest BCUT2D eigenvalue weighted by Crippen LogP contribution is 2.23. The number of rotatable bonds is 2. The van der Waals surface area contributed by atoms with Crippen LogP contribution in [-0.2, 0) is 17.8 Å². The van der Waals surface area contributed by atoms with Crippen LogP contribution in [0, 0.1) is 0 Å². The molecule has 2 heterocycles. The zero-order valence-corrected chi connectivity index (χ0v) is 6.36. The molecule has 0 aliphatic carbocycles. The van der Waals surface area contributed by atoms with Gasteiger partial charge in [0.05, 0.1) is 12.9 Å². The number of aromatic nitrogens is 2. The summed E-state index contributed by atoms with van der Waals surface area (Å²) >= 11 is 0. The summed E-state index contributed by atoms with van der Waals surface area (Å²) in [7, 11) is 0. The zero-order chi connectivity index (χ0) is 8.55. The van der Waals surface area contributed by atoms with Crippen molar-refractivity contribution in [3.05, 3.63) is 12.0 Å². The molecule has 1 N–H and O–H groups in total. The molecule has 0 aromatic carbocycles. The van der Waals surface area contributed by atoms with Gasteiger partial charge < -0.3 is 9.84 Å². The van der Waals surface area contributed by atoms with Crippen LogP contribution in [0.5, 0.6) is 5.88 Å². The van der Waals surface area contributed by atoms with Crippen LogP contribution in [0.3, 0.4) is 0 Å². The van der Waals surface area contributed by atoms with Crippen LogP contribution < -0.4 is 4.74 Å². The van der Waals surface area contributed by atoms with E-state index in [1.165, 1.54) is 10.9 Å². The van der Waals surface area contributed by atoms with Crippen molar-refractivity contribution in [3.8, 4) is 5.88 Å². The molecule has 0 saturated heterocycles. The van der Waals surface area contributed by atoms with Crippen LogP contribution in [0.2, 0.25) is 0 Å². The predicted octanol–water partition coefficient (Wildman–Crippen LogP) is -0.0974. The molecule has 0 amide bonds. The predicted molar refractivity (Wildman–Crippen MR) is 39.1 cm³/mol. The molecule has 0 radical (unpaired) electrons. The first-order chi connectivity index (χ1) is 5.77. The highest BCUT2D eigenvalue weighted by atomic mass is 16.5. The molecular formula is C7H8N2O3. The lowest BCUT2D eigenvalue weighted by atomic mass is 10.4. The standard InChI is InChI=1S/C7H8N2O3/c10-6(11)3-9-4-8-5-1-2-12-7(5)9/h4H,1-3H2,(H,10,11). The van der Waals surface area contributed by atoms with Crippen LogP contribution >= 0.6 is 0 Å². The number of carbonyl (C=O) groups is 1. The van der Waals surface area contributed by atoms with E-state index in [0.717, 1.165) is 12.1 Å². The molecule has 5 heteroatoms. The Morgan fingerprint density at radius 3 is 3.42 bits per heavy atom. The van der Waals surface area contributed by atoms with E-state index in [0.29, 0.717) is 12.5 Å². The SMILES string of the molecule is O=C(O)Cn1cnc2c1OCC2. The van der Waals surface area contributed by atoms with Crippen molar-refractivity contribution in [1.29, 1.82) is 0 Å². The zero-order valence-electron chi connectivity index (χ0n) is 6.36. The summed E-state index contributed by atoms with van der Waals surface area (Å²) in [6.45, 7) is 0.528. The number of carboxylic acid groups (broad SMARTS) is 1. The number of ether oxygens (including phenoxy) is 1. The fourth-order valence-corrected chi connectivity index (χ4v) is 1.25. The van der Waals surface area contributed by atoms with Crippen molar-refractivity contribution in [3.63, 3.8) is 0 Å². The molecule has 0 bridgehead atoms. The van der Waals surface area contributed by atoms with Crippen molar-refractivity contribution in [2.75, 3.05) is 6.61 Å². The van der Waals surface area contributed by atoms with Crippen LogP contribution in [-0.4, -0.2) is 27.2 Å². The minimum atomic E-state index is -0.884. The molecule has 0 atom stereocenters. The maximum Gasteiger partial charge on any atom is 0.323 e. The number of hydrogen-bond acceptors (Lipinski definition) is 3. The van der Waals surface area contributed by atoms with Gasteiger partial charge in [-0.25, -0.2) is 4.98 Å². The summed E-state index contributed by atoms with van der Waals surface area (Å²) in [6, 6.07) is 0. The summed E-state index contributed by atoms with van der Waals surface area (Å²) in [5.41, 5.74) is 0.858. The van der Waals surface area contributed by atoms with Gasteiger partial charge >= 0.3 is 5.97 Å². The second-order valence-corrected chi connectivity index (χ2v) is 2.62. The van der Waals surface area contributed by atoms with Crippen LogP contribution in [0.4, 0.5) is 0 Å². The molecule has 0 saturated carbocycles. The highest BCUT2D eigenvalue weighted by molar-refractivity contribution is 5.66. The fraction of sp³-hybridized carbons (Fsp3) is 0.429. The number of aliphatic carboxylic acids is 1. The molecule has 1 aliphatic heterocycles. The van der Waals surface area contributed by atoms with Crippen LogP contribution in [0.15, 0.2) is 6.33 Å². The van der Waals surface area contributed by atoms with E-state index in [-0.39, 0.29) is 6.54 Å². The van der Waals surface area contributed by atoms with Gasteiger partial charge in [0, 0.05) is 6.42 Å². The fourth-order valence-electron chi connectivity index (χ4n) is 1.25. The number of imidazole rings is 1. The van der Waals surface area contributed by atoms with Gasteiger partial charge in [-0.05, 0) is 0 Å². The van der Waals surface area contributed by atoms with Gasteiger partial charge in [-0.1, -0.05) is 0 Å². The molecule has 1 aromatic rings. The second kappa shape index (κ2) is 2.51. The number of carboxylic acids is 1.